The molecule has 0 heterocycles. The van der Waals surface area contributed by atoms with Crippen molar-refractivity contribution in [1.29, 1.82) is 0 Å². The maximum absolute atomic E-state index is 9.02. The molecule has 0 rings (SSSR count). The molecule has 0 aromatic carbocycles. The fourth-order valence-electron chi connectivity index (χ4n) is 0.714. The average Bonchev–Trinajstić information content (AvgIpc) is 2.34. The molecule has 0 aromatic heterocycles. The number of thioether (sulfide) groups is 1. The molecule has 0 aliphatic rings. The van der Waals surface area contributed by atoms with Gasteiger partial charge in [-0.25, -0.2) is 0 Å². The molecule has 2 nitrogen and oxygen atoms in total. The zero-order valence-corrected chi connectivity index (χ0v) is 11.6. The Morgan fingerprint density at radius 3 is 2.24 bits per heavy atom. The molecule has 0 aliphatic carbocycles. The third kappa shape index (κ3) is 12.7. The molecule has 0 bridgehead atoms. The van der Waals surface area contributed by atoms with E-state index in [0.29, 0.717) is 0 Å². The molecular weight excluding hydrogens is 232 g/mol. The maximum Gasteiger partial charge on any atom is 0.108 e. The minimum atomic E-state index is -0.0259. The summed E-state index contributed by atoms with van der Waals surface area (Å²) in [7, 11) is 0. The van der Waals surface area contributed by atoms with Crippen LogP contribution in [-0.2, 0) is 0 Å². The van der Waals surface area contributed by atoms with Crippen LogP contribution in [0.5, 0.6) is 0 Å². The quantitative estimate of drug-likeness (QED) is 0.547. The van der Waals surface area contributed by atoms with Crippen molar-refractivity contribution in [2.45, 2.75) is 20.8 Å². The normalized spacial score (nSPS) is 11.4. The number of allylic oxidation sites excluding steroid dienone is 5. The number of aliphatic hydroxyl groups excluding tert-OH is 2. The van der Waals surface area contributed by atoms with Crippen molar-refractivity contribution >= 4 is 11.8 Å². The Hall–Kier alpha value is -1.19. The number of hydrogen-bond donors (Lipinski definition) is 2. The molecule has 0 aromatic rings. The molecule has 0 saturated carbocycles. The molecule has 96 valence electrons. The number of rotatable bonds is 6. The van der Waals surface area contributed by atoms with Gasteiger partial charge in [0, 0.05) is 9.81 Å². The third-order valence-corrected chi connectivity index (χ3v) is 2.28. The van der Waals surface area contributed by atoms with Crippen LogP contribution in [0.4, 0.5) is 0 Å². The van der Waals surface area contributed by atoms with Crippen LogP contribution >= 0.6 is 11.8 Å². The number of aliphatic hydroxyl groups is 2. The van der Waals surface area contributed by atoms with Gasteiger partial charge in [-0.05, 0) is 19.1 Å². The second kappa shape index (κ2) is 12.9. The molecule has 17 heavy (non-hydrogen) atoms. The highest BCUT2D eigenvalue weighted by molar-refractivity contribution is 8.06. The van der Waals surface area contributed by atoms with Crippen LogP contribution in [0.1, 0.15) is 20.8 Å². The summed E-state index contributed by atoms with van der Waals surface area (Å²) in [6, 6.07) is 0. The van der Waals surface area contributed by atoms with Crippen LogP contribution in [0, 0.1) is 0 Å². The van der Waals surface area contributed by atoms with Gasteiger partial charge < -0.3 is 10.2 Å². The van der Waals surface area contributed by atoms with Gasteiger partial charge in [0.1, 0.15) is 5.76 Å². The first kappa shape index (κ1) is 18.2. The topological polar surface area (TPSA) is 40.5 Å². The molecule has 0 saturated heterocycles. The van der Waals surface area contributed by atoms with Crippen LogP contribution in [0.2, 0.25) is 0 Å². The van der Waals surface area contributed by atoms with E-state index in [1.54, 1.807) is 6.08 Å². The molecular formula is C14H22O2S. The van der Waals surface area contributed by atoms with E-state index < -0.39 is 0 Å². The van der Waals surface area contributed by atoms with E-state index in [2.05, 4.69) is 13.2 Å². The second-order valence-corrected chi connectivity index (χ2v) is 3.96. The second-order valence-electron chi connectivity index (χ2n) is 2.71. The molecule has 0 radical (unpaired) electrons. The van der Waals surface area contributed by atoms with Crippen molar-refractivity contribution in [3.63, 3.8) is 0 Å². The minimum absolute atomic E-state index is 0.0141. The van der Waals surface area contributed by atoms with E-state index in [-0.39, 0.29) is 12.4 Å². The van der Waals surface area contributed by atoms with E-state index in [1.165, 1.54) is 17.8 Å². The highest BCUT2D eigenvalue weighted by Crippen LogP contribution is 2.24. The molecule has 0 amide bonds. The van der Waals surface area contributed by atoms with E-state index in [0.717, 1.165) is 9.81 Å². The van der Waals surface area contributed by atoms with Crippen LogP contribution < -0.4 is 0 Å². The molecule has 2 N–H and O–H groups in total. The van der Waals surface area contributed by atoms with Crippen LogP contribution in [0.25, 0.3) is 0 Å². The van der Waals surface area contributed by atoms with Crippen molar-refractivity contribution in [2.24, 2.45) is 0 Å². The Morgan fingerprint density at radius 2 is 1.82 bits per heavy atom. The van der Waals surface area contributed by atoms with Crippen LogP contribution in [0.15, 0.2) is 59.1 Å². The average molecular weight is 254 g/mol. The van der Waals surface area contributed by atoms with Crippen molar-refractivity contribution < 1.29 is 10.2 Å². The van der Waals surface area contributed by atoms with Gasteiger partial charge in [-0.2, -0.15) is 0 Å². The lowest BCUT2D eigenvalue weighted by Crippen LogP contribution is -1.84. The smallest absolute Gasteiger partial charge is 0.108 e. The van der Waals surface area contributed by atoms with Gasteiger partial charge in [-0.3, -0.25) is 0 Å². The SMILES string of the molecule is C=C(O)/C=C\C(=C)S/C(=C/C=C\C)CO.CC. The van der Waals surface area contributed by atoms with Gasteiger partial charge in [0.15, 0.2) is 0 Å². The largest absolute Gasteiger partial charge is 0.509 e. The summed E-state index contributed by atoms with van der Waals surface area (Å²) < 4.78 is 0. The first-order valence-corrected chi connectivity index (χ1v) is 6.27. The molecule has 3 heteroatoms. The zero-order valence-electron chi connectivity index (χ0n) is 10.8. The first-order valence-electron chi connectivity index (χ1n) is 5.45. The standard InChI is InChI=1S/C12H16O2S.C2H6/c1-4-5-6-12(9-13)15-11(3)8-7-10(2)14;1-2/h4-8,13-14H,2-3,9H2,1H3;1-2H3/b5-4-,8-7-,12-6+;. The van der Waals surface area contributed by atoms with Gasteiger partial charge in [-0.15, -0.1) is 0 Å². The van der Waals surface area contributed by atoms with Gasteiger partial charge in [0.25, 0.3) is 0 Å². The fraction of sp³-hybridized carbons (Fsp3) is 0.286. The molecule has 0 atom stereocenters. The lowest BCUT2D eigenvalue weighted by molar-refractivity contribution is 0.339. The molecule has 0 spiro atoms. The summed E-state index contributed by atoms with van der Waals surface area (Å²) in [4.78, 5) is 1.53. The third-order valence-electron chi connectivity index (χ3n) is 1.35. The van der Waals surface area contributed by atoms with E-state index >= 15 is 0 Å². The van der Waals surface area contributed by atoms with Gasteiger partial charge >= 0.3 is 0 Å². The summed E-state index contributed by atoms with van der Waals surface area (Å²) in [5.41, 5.74) is 0. The Labute approximate surface area is 109 Å². The van der Waals surface area contributed by atoms with E-state index in [1.807, 2.05) is 39.0 Å². The summed E-state index contributed by atoms with van der Waals surface area (Å²) in [6.45, 7) is 13.0. The van der Waals surface area contributed by atoms with Crippen LogP contribution in [-0.4, -0.2) is 16.8 Å². The fourth-order valence-corrected chi connectivity index (χ4v) is 1.40. The monoisotopic (exact) mass is 254 g/mol. The van der Waals surface area contributed by atoms with Crippen molar-refractivity contribution in [1.82, 2.24) is 0 Å². The highest BCUT2D eigenvalue weighted by Gasteiger charge is 1.96. The molecule has 0 aliphatic heterocycles. The van der Waals surface area contributed by atoms with Crippen molar-refractivity contribution in [3.8, 4) is 0 Å². The summed E-state index contributed by atoms with van der Waals surface area (Å²) >= 11 is 1.35. The summed E-state index contributed by atoms with van der Waals surface area (Å²) in [6.07, 6.45) is 8.65. The van der Waals surface area contributed by atoms with Crippen molar-refractivity contribution in [3.05, 3.63) is 59.1 Å². The predicted molar refractivity (Wildman–Crippen MR) is 79.0 cm³/mol. The van der Waals surface area contributed by atoms with E-state index in [9.17, 15) is 0 Å². The summed E-state index contributed by atoms with van der Waals surface area (Å²) in [5.74, 6) is -0.0141. The first-order chi connectivity index (χ1) is 8.10. The lowest BCUT2D eigenvalue weighted by atomic mass is 10.4. The zero-order chi connectivity index (χ0) is 13.7. The van der Waals surface area contributed by atoms with Crippen LogP contribution in [0.3, 0.4) is 0 Å². The molecule has 0 unspecified atom stereocenters. The van der Waals surface area contributed by atoms with Gasteiger partial charge in [0.2, 0.25) is 0 Å². The summed E-state index contributed by atoms with van der Waals surface area (Å²) in [5, 5.41) is 17.9. The van der Waals surface area contributed by atoms with E-state index in [4.69, 9.17) is 10.2 Å². The minimum Gasteiger partial charge on any atom is -0.509 e. The molecule has 0 fully saturated rings. The van der Waals surface area contributed by atoms with Gasteiger partial charge in [0.05, 0.1) is 6.61 Å². The Morgan fingerprint density at radius 1 is 1.24 bits per heavy atom. The number of hydrogen-bond acceptors (Lipinski definition) is 3. The van der Waals surface area contributed by atoms with Crippen molar-refractivity contribution in [2.75, 3.05) is 6.61 Å². The highest BCUT2D eigenvalue weighted by atomic mass is 32.2. The lowest BCUT2D eigenvalue weighted by Gasteiger charge is -2.01. The Balaban J connectivity index is 0. The Kier molecular flexibility index (Phi) is 13.8. The Bertz CT molecular complexity index is 312. The maximum atomic E-state index is 9.02. The predicted octanol–water partition coefficient (Wildman–Crippen LogP) is 4.34. The van der Waals surface area contributed by atoms with Gasteiger partial charge in [-0.1, -0.05) is 57.0 Å².